The summed E-state index contributed by atoms with van der Waals surface area (Å²) in [5.41, 5.74) is 7.06. The largest absolute Gasteiger partial charge is 0.493 e. The van der Waals surface area contributed by atoms with Gasteiger partial charge < -0.3 is 20.1 Å². The van der Waals surface area contributed by atoms with E-state index < -0.39 is 6.61 Å². The van der Waals surface area contributed by atoms with Crippen LogP contribution in [0.3, 0.4) is 0 Å². The van der Waals surface area contributed by atoms with Gasteiger partial charge in [0.2, 0.25) is 0 Å². The number of carbonyl (C=O) groups is 1. The van der Waals surface area contributed by atoms with Gasteiger partial charge in [0.1, 0.15) is 0 Å². The lowest BCUT2D eigenvalue weighted by Crippen LogP contribution is -2.37. The van der Waals surface area contributed by atoms with Crippen molar-refractivity contribution >= 4 is 18.3 Å². The number of methoxy groups -OCH3 is 1. The van der Waals surface area contributed by atoms with Gasteiger partial charge in [-0.15, -0.1) is 12.4 Å². The van der Waals surface area contributed by atoms with E-state index in [0.717, 1.165) is 5.56 Å². The van der Waals surface area contributed by atoms with Gasteiger partial charge in [0.05, 0.1) is 7.11 Å². The van der Waals surface area contributed by atoms with Crippen LogP contribution < -0.4 is 15.2 Å². The van der Waals surface area contributed by atoms with E-state index in [1.807, 2.05) is 30.3 Å². The van der Waals surface area contributed by atoms with E-state index in [1.165, 1.54) is 25.3 Å². The molecule has 148 valence electrons. The number of rotatable bonds is 9. The van der Waals surface area contributed by atoms with Crippen LogP contribution in [0.25, 0.3) is 0 Å². The van der Waals surface area contributed by atoms with E-state index in [0.29, 0.717) is 31.6 Å². The SMILES string of the molecule is COc1cc(C(=O)N(CCN)CCc2ccccc2)ccc1OC(F)F.Cl. The Hall–Kier alpha value is -2.38. The number of alkyl halides is 2. The average molecular weight is 401 g/mol. The average Bonchev–Trinajstić information content (AvgIpc) is 2.65. The van der Waals surface area contributed by atoms with Crippen LogP contribution in [-0.2, 0) is 6.42 Å². The van der Waals surface area contributed by atoms with Crippen LogP contribution in [0.2, 0.25) is 0 Å². The third-order valence-corrected chi connectivity index (χ3v) is 3.83. The Morgan fingerprint density at radius 3 is 2.41 bits per heavy atom. The third kappa shape index (κ3) is 6.69. The maximum Gasteiger partial charge on any atom is 0.387 e. The van der Waals surface area contributed by atoms with Crippen LogP contribution in [0.15, 0.2) is 48.5 Å². The first-order valence-corrected chi connectivity index (χ1v) is 8.21. The molecule has 0 atom stereocenters. The molecule has 0 bridgehead atoms. The van der Waals surface area contributed by atoms with E-state index >= 15 is 0 Å². The summed E-state index contributed by atoms with van der Waals surface area (Å²) < 4.78 is 34.3. The highest BCUT2D eigenvalue weighted by Gasteiger charge is 2.18. The standard InChI is InChI=1S/C19H22F2N2O3.ClH/c1-25-17-13-15(7-8-16(17)26-19(20)21)18(24)23(12-10-22)11-9-14-5-3-2-4-6-14;/h2-8,13,19H,9-12,22H2,1H3;1H. The fraction of sp³-hybridized carbons (Fsp3) is 0.316. The number of nitrogens with two attached hydrogens (primary N) is 1. The van der Waals surface area contributed by atoms with Gasteiger partial charge in [0.15, 0.2) is 11.5 Å². The van der Waals surface area contributed by atoms with Gasteiger partial charge >= 0.3 is 6.61 Å². The lowest BCUT2D eigenvalue weighted by Gasteiger charge is -2.22. The number of nitrogens with zero attached hydrogens (tertiary/aromatic N) is 1. The molecule has 0 fully saturated rings. The Morgan fingerprint density at radius 2 is 1.81 bits per heavy atom. The molecule has 8 heteroatoms. The normalized spacial score (nSPS) is 10.3. The quantitative estimate of drug-likeness (QED) is 0.701. The minimum absolute atomic E-state index is 0. The first-order chi connectivity index (χ1) is 12.5. The van der Waals surface area contributed by atoms with E-state index in [1.54, 1.807) is 4.90 Å². The number of amides is 1. The van der Waals surface area contributed by atoms with Gasteiger partial charge in [-0.1, -0.05) is 30.3 Å². The van der Waals surface area contributed by atoms with Crippen molar-refractivity contribution in [1.82, 2.24) is 4.90 Å². The van der Waals surface area contributed by atoms with Crippen molar-refractivity contribution < 1.29 is 23.0 Å². The van der Waals surface area contributed by atoms with Gasteiger partial charge in [-0.25, -0.2) is 0 Å². The monoisotopic (exact) mass is 400 g/mol. The molecular weight excluding hydrogens is 378 g/mol. The van der Waals surface area contributed by atoms with Crippen molar-refractivity contribution in [2.45, 2.75) is 13.0 Å². The number of benzene rings is 2. The zero-order valence-corrected chi connectivity index (χ0v) is 15.8. The van der Waals surface area contributed by atoms with Crippen molar-refractivity contribution in [2.75, 3.05) is 26.7 Å². The summed E-state index contributed by atoms with van der Waals surface area (Å²) in [6, 6.07) is 13.9. The van der Waals surface area contributed by atoms with E-state index in [-0.39, 0.29) is 29.8 Å². The van der Waals surface area contributed by atoms with Gasteiger partial charge in [0.25, 0.3) is 5.91 Å². The van der Waals surface area contributed by atoms with Gasteiger partial charge in [0, 0.05) is 25.2 Å². The molecule has 2 rings (SSSR count). The summed E-state index contributed by atoms with van der Waals surface area (Å²) in [6.07, 6.45) is 0.691. The predicted octanol–water partition coefficient (Wildman–Crippen LogP) is 3.36. The Labute approximate surface area is 163 Å². The second-order valence-corrected chi connectivity index (χ2v) is 5.56. The second-order valence-electron chi connectivity index (χ2n) is 5.56. The zero-order valence-electron chi connectivity index (χ0n) is 14.9. The molecule has 0 aliphatic heterocycles. The van der Waals surface area contributed by atoms with Gasteiger partial charge in [-0.05, 0) is 30.2 Å². The van der Waals surface area contributed by atoms with Crippen LogP contribution >= 0.6 is 12.4 Å². The van der Waals surface area contributed by atoms with Crippen molar-refractivity contribution in [3.63, 3.8) is 0 Å². The van der Waals surface area contributed by atoms with Crippen LogP contribution in [0, 0.1) is 0 Å². The summed E-state index contributed by atoms with van der Waals surface area (Å²) in [5.74, 6) is -0.283. The summed E-state index contributed by atoms with van der Waals surface area (Å²) in [6.45, 7) is -1.75. The predicted molar refractivity (Wildman–Crippen MR) is 102 cm³/mol. The smallest absolute Gasteiger partial charge is 0.387 e. The van der Waals surface area contributed by atoms with Crippen molar-refractivity contribution in [2.24, 2.45) is 5.73 Å². The summed E-state index contributed by atoms with van der Waals surface area (Å²) >= 11 is 0. The fourth-order valence-corrected chi connectivity index (χ4v) is 2.56. The molecule has 1 amide bonds. The molecule has 2 aromatic carbocycles. The van der Waals surface area contributed by atoms with E-state index in [9.17, 15) is 13.6 Å². The van der Waals surface area contributed by atoms with Crippen LogP contribution in [0.1, 0.15) is 15.9 Å². The highest BCUT2D eigenvalue weighted by Crippen LogP contribution is 2.29. The summed E-state index contributed by atoms with van der Waals surface area (Å²) in [5, 5.41) is 0. The molecule has 0 heterocycles. The first kappa shape index (κ1) is 22.7. The lowest BCUT2D eigenvalue weighted by molar-refractivity contribution is -0.0512. The number of hydrogen-bond donors (Lipinski definition) is 1. The minimum Gasteiger partial charge on any atom is -0.493 e. The number of carbonyl (C=O) groups excluding carboxylic acids is 1. The van der Waals surface area contributed by atoms with Crippen molar-refractivity contribution in [3.8, 4) is 11.5 Å². The summed E-state index contributed by atoms with van der Waals surface area (Å²) in [4.78, 5) is 14.4. The molecule has 0 saturated heterocycles. The molecule has 0 radical (unpaired) electrons. The summed E-state index contributed by atoms with van der Waals surface area (Å²) in [7, 11) is 1.33. The van der Waals surface area contributed by atoms with E-state index in [4.69, 9.17) is 10.5 Å². The maximum absolute atomic E-state index is 12.8. The second kappa shape index (κ2) is 11.4. The molecule has 0 spiro atoms. The highest BCUT2D eigenvalue weighted by molar-refractivity contribution is 5.95. The molecule has 5 nitrogen and oxygen atoms in total. The van der Waals surface area contributed by atoms with E-state index in [2.05, 4.69) is 4.74 Å². The molecular formula is C19H23ClF2N2O3. The van der Waals surface area contributed by atoms with Gasteiger partial charge in [-0.3, -0.25) is 4.79 Å². The molecule has 0 aliphatic rings. The fourth-order valence-electron chi connectivity index (χ4n) is 2.56. The van der Waals surface area contributed by atoms with Gasteiger partial charge in [-0.2, -0.15) is 8.78 Å². The minimum atomic E-state index is -2.97. The molecule has 2 aromatic rings. The van der Waals surface area contributed by atoms with Crippen LogP contribution in [-0.4, -0.2) is 44.2 Å². The number of hydrogen-bond acceptors (Lipinski definition) is 4. The van der Waals surface area contributed by atoms with Crippen LogP contribution in [0.5, 0.6) is 11.5 Å². The third-order valence-electron chi connectivity index (χ3n) is 3.83. The topological polar surface area (TPSA) is 64.8 Å². The highest BCUT2D eigenvalue weighted by atomic mass is 35.5. The maximum atomic E-state index is 12.8. The lowest BCUT2D eigenvalue weighted by atomic mass is 10.1. The van der Waals surface area contributed by atoms with Crippen molar-refractivity contribution in [3.05, 3.63) is 59.7 Å². The first-order valence-electron chi connectivity index (χ1n) is 8.21. The zero-order chi connectivity index (χ0) is 18.9. The Balaban J connectivity index is 0.00000364. The molecule has 2 N–H and O–H groups in total. The number of ether oxygens (including phenoxy) is 2. The Morgan fingerprint density at radius 1 is 1.11 bits per heavy atom. The molecule has 27 heavy (non-hydrogen) atoms. The number of halogens is 3. The molecule has 0 saturated carbocycles. The Bertz CT molecular complexity index is 717. The van der Waals surface area contributed by atoms with Crippen molar-refractivity contribution in [1.29, 1.82) is 0 Å². The molecule has 0 aromatic heterocycles. The Kier molecular flexibility index (Phi) is 9.53. The molecule has 0 unspecified atom stereocenters. The van der Waals surface area contributed by atoms with Crippen LogP contribution in [0.4, 0.5) is 8.78 Å². The molecule has 0 aliphatic carbocycles.